The van der Waals surface area contributed by atoms with E-state index in [9.17, 15) is 4.79 Å². The zero-order valence-electron chi connectivity index (χ0n) is 13.8. The molecule has 1 amide bonds. The van der Waals surface area contributed by atoms with Crippen LogP contribution in [0.2, 0.25) is 0 Å². The van der Waals surface area contributed by atoms with Crippen LogP contribution in [0, 0.1) is 6.92 Å². The minimum absolute atomic E-state index is 0.254. The van der Waals surface area contributed by atoms with Crippen molar-refractivity contribution in [3.8, 4) is 0 Å². The van der Waals surface area contributed by atoms with Crippen molar-refractivity contribution in [1.82, 2.24) is 20.0 Å². The second-order valence-electron chi connectivity index (χ2n) is 6.26. The van der Waals surface area contributed by atoms with E-state index in [-0.39, 0.29) is 5.91 Å². The summed E-state index contributed by atoms with van der Waals surface area (Å²) in [6, 6.07) is 10.5. The molecule has 2 aromatic rings. The minimum Gasteiger partial charge on any atom is -0.337 e. The van der Waals surface area contributed by atoms with Gasteiger partial charge in [-0.2, -0.15) is 5.10 Å². The fraction of sp³-hybridized carbons (Fsp3) is 0.444. The topological polar surface area (TPSA) is 50.2 Å². The van der Waals surface area contributed by atoms with E-state index >= 15 is 0 Å². The van der Waals surface area contributed by atoms with Crippen LogP contribution < -0.4 is 5.32 Å². The summed E-state index contributed by atoms with van der Waals surface area (Å²) in [7, 11) is 1.96. The molecule has 0 aliphatic carbocycles. The van der Waals surface area contributed by atoms with Crippen molar-refractivity contribution in [2.24, 2.45) is 7.05 Å². The number of piperidine rings is 1. The summed E-state index contributed by atoms with van der Waals surface area (Å²) in [6.45, 7) is 4.35. The van der Waals surface area contributed by atoms with Crippen LogP contribution >= 0.6 is 0 Å². The molecule has 1 aliphatic heterocycles. The summed E-state index contributed by atoms with van der Waals surface area (Å²) >= 11 is 0. The molecule has 0 saturated carbocycles. The van der Waals surface area contributed by atoms with E-state index in [1.165, 1.54) is 16.8 Å². The van der Waals surface area contributed by atoms with Crippen molar-refractivity contribution in [2.45, 2.75) is 38.9 Å². The number of rotatable bonds is 5. The predicted molar refractivity (Wildman–Crippen MR) is 89.7 cm³/mol. The van der Waals surface area contributed by atoms with Gasteiger partial charge in [0.25, 0.3) is 0 Å². The maximum absolute atomic E-state index is 12.2. The lowest BCUT2D eigenvalue weighted by Gasteiger charge is -2.33. The van der Waals surface area contributed by atoms with Gasteiger partial charge in [-0.1, -0.05) is 30.3 Å². The van der Waals surface area contributed by atoms with Gasteiger partial charge in [0.05, 0.1) is 6.20 Å². The van der Waals surface area contributed by atoms with Crippen molar-refractivity contribution in [3.63, 3.8) is 0 Å². The van der Waals surface area contributed by atoms with Crippen molar-refractivity contribution in [2.75, 3.05) is 6.54 Å². The Kier molecular flexibility index (Phi) is 4.76. The van der Waals surface area contributed by atoms with Crippen LogP contribution in [0.5, 0.6) is 0 Å². The molecule has 0 radical (unpaired) electrons. The Bertz CT molecular complexity index is 665. The Labute approximate surface area is 137 Å². The molecule has 1 aromatic carbocycles. The molecule has 122 valence electrons. The Morgan fingerprint density at radius 3 is 2.78 bits per heavy atom. The van der Waals surface area contributed by atoms with Gasteiger partial charge in [-0.15, -0.1) is 0 Å². The van der Waals surface area contributed by atoms with Crippen LogP contribution in [0.25, 0.3) is 0 Å². The largest absolute Gasteiger partial charge is 0.337 e. The lowest BCUT2D eigenvalue weighted by molar-refractivity contribution is -0.134. The molecule has 1 aromatic heterocycles. The molecule has 5 nitrogen and oxygen atoms in total. The lowest BCUT2D eigenvalue weighted by atomic mass is 10.0. The number of aryl methyl sites for hydroxylation is 1. The van der Waals surface area contributed by atoms with Crippen LogP contribution in [-0.2, 0) is 24.9 Å². The highest BCUT2D eigenvalue weighted by Crippen LogP contribution is 2.16. The van der Waals surface area contributed by atoms with Gasteiger partial charge in [0.15, 0.2) is 0 Å². The Morgan fingerprint density at radius 1 is 1.30 bits per heavy atom. The Balaban J connectivity index is 1.57. The number of amides is 1. The molecule has 1 N–H and O–H groups in total. The standard InChI is InChI=1S/C18H24N4O/c1-14-16(11-20-21(14)2)10-19-17-8-9-18(23)22(13-17)12-15-6-4-3-5-7-15/h3-7,11,17,19H,8-10,12-13H2,1-2H3/t17-/m0/s1. The molecular weight excluding hydrogens is 288 g/mol. The van der Waals surface area contributed by atoms with E-state index in [4.69, 9.17) is 0 Å². The smallest absolute Gasteiger partial charge is 0.222 e. The van der Waals surface area contributed by atoms with Crippen LogP contribution in [0.4, 0.5) is 0 Å². The summed E-state index contributed by atoms with van der Waals surface area (Å²) in [5, 5.41) is 7.86. The zero-order valence-corrected chi connectivity index (χ0v) is 13.8. The SMILES string of the molecule is Cc1c(CN[C@H]2CCC(=O)N(Cc3ccccc3)C2)cnn1C. The molecule has 1 aliphatic rings. The molecular formula is C18H24N4O. The third kappa shape index (κ3) is 3.79. The first-order valence-electron chi connectivity index (χ1n) is 8.16. The number of carbonyl (C=O) groups is 1. The second kappa shape index (κ2) is 6.96. The van der Waals surface area contributed by atoms with E-state index in [1.54, 1.807) is 0 Å². The Morgan fingerprint density at radius 2 is 2.09 bits per heavy atom. The summed E-state index contributed by atoms with van der Waals surface area (Å²) in [6.07, 6.45) is 3.44. The van der Waals surface area contributed by atoms with Crippen LogP contribution in [-0.4, -0.2) is 33.2 Å². The average molecular weight is 312 g/mol. The van der Waals surface area contributed by atoms with Crippen LogP contribution in [0.1, 0.15) is 29.7 Å². The summed E-state index contributed by atoms with van der Waals surface area (Å²) in [4.78, 5) is 14.1. The summed E-state index contributed by atoms with van der Waals surface area (Å²) < 4.78 is 1.89. The third-order valence-corrected chi connectivity index (χ3v) is 4.63. The molecule has 0 unspecified atom stereocenters. The van der Waals surface area contributed by atoms with E-state index in [0.717, 1.165) is 19.5 Å². The zero-order chi connectivity index (χ0) is 16.2. The first kappa shape index (κ1) is 15.7. The molecule has 0 bridgehead atoms. The third-order valence-electron chi connectivity index (χ3n) is 4.63. The highest BCUT2D eigenvalue weighted by atomic mass is 16.2. The van der Waals surface area contributed by atoms with E-state index in [2.05, 4.69) is 29.5 Å². The number of aromatic nitrogens is 2. The number of hydrogen-bond acceptors (Lipinski definition) is 3. The minimum atomic E-state index is 0.254. The van der Waals surface area contributed by atoms with E-state index in [0.29, 0.717) is 19.0 Å². The van der Waals surface area contributed by atoms with Gasteiger partial charge in [-0.3, -0.25) is 9.48 Å². The van der Waals surface area contributed by atoms with Gasteiger partial charge in [0.2, 0.25) is 5.91 Å². The normalized spacial score (nSPS) is 18.4. The molecule has 1 saturated heterocycles. The van der Waals surface area contributed by atoms with Gasteiger partial charge in [-0.05, 0) is 18.9 Å². The lowest BCUT2D eigenvalue weighted by Crippen LogP contribution is -2.47. The fourth-order valence-corrected chi connectivity index (χ4v) is 3.01. The van der Waals surface area contributed by atoms with Gasteiger partial charge in [0, 0.05) is 50.4 Å². The fourth-order valence-electron chi connectivity index (χ4n) is 3.01. The number of nitrogens with one attached hydrogen (secondary N) is 1. The van der Waals surface area contributed by atoms with Crippen molar-refractivity contribution >= 4 is 5.91 Å². The molecule has 23 heavy (non-hydrogen) atoms. The van der Waals surface area contributed by atoms with Crippen LogP contribution in [0.15, 0.2) is 36.5 Å². The number of hydrogen-bond donors (Lipinski definition) is 1. The maximum Gasteiger partial charge on any atom is 0.222 e. The molecule has 2 heterocycles. The average Bonchev–Trinajstić information content (AvgIpc) is 2.88. The van der Waals surface area contributed by atoms with E-state index in [1.807, 2.05) is 41.0 Å². The maximum atomic E-state index is 12.2. The first-order chi connectivity index (χ1) is 11.1. The number of carbonyl (C=O) groups excluding carboxylic acids is 1. The molecule has 5 heteroatoms. The van der Waals surface area contributed by atoms with Crippen molar-refractivity contribution in [1.29, 1.82) is 0 Å². The van der Waals surface area contributed by atoms with Crippen molar-refractivity contribution < 1.29 is 4.79 Å². The predicted octanol–water partition coefficient (Wildman–Crippen LogP) is 2.01. The molecule has 3 rings (SSSR count). The number of benzene rings is 1. The molecule has 1 fully saturated rings. The molecule has 1 atom stereocenters. The first-order valence-corrected chi connectivity index (χ1v) is 8.16. The summed E-state index contributed by atoms with van der Waals surface area (Å²) in [5.74, 6) is 0.254. The second-order valence-corrected chi connectivity index (χ2v) is 6.26. The number of nitrogens with zero attached hydrogens (tertiary/aromatic N) is 3. The van der Waals surface area contributed by atoms with Gasteiger partial charge in [0.1, 0.15) is 0 Å². The number of likely N-dealkylation sites (tertiary alicyclic amines) is 1. The Hall–Kier alpha value is -2.14. The molecule has 0 spiro atoms. The van der Waals surface area contributed by atoms with Crippen molar-refractivity contribution in [3.05, 3.63) is 53.3 Å². The monoisotopic (exact) mass is 312 g/mol. The highest BCUT2D eigenvalue weighted by Gasteiger charge is 2.25. The van der Waals surface area contributed by atoms with Gasteiger partial charge < -0.3 is 10.2 Å². The van der Waals surface area contributed by atoms with Crippen LogP contribution in [0.3, 0.4) is 0 Å². The summed E-state index contributed by atoms with van der Waals surface area (Å²) in [5.41, 5.74) is 3.59. The highest BCUT2D eigenvalue weighted by molar-refractivity contribution is 5.77. The van der Waals surface area contributed by atoms with Gasteiger partial charge >= 0.3 is 0 Å². The van der Waals surface area contributed by atoms with Gasteiger partial charge in [-0.25, -0.2) is 0 Å². The quantitative estimate of drug-likeness (QED) is 0.919. The van der Waals surface area contributed by atoms with E-state index < -0.39 is 0 Å².